The van der Waals surface area contributed by atoms with Crippen molar-refractivity contribution in [3.63, 3.8) is 0 Å². The Bertz CT molecular complexity index is 908. The number of hydrogen-bond donors (Lipinski definition) is 3. The first-order valence-corrected chi connectivity index (χ1v) is 7.48. The second-order valence-corrected chi connectivity index (χ2v) is 5.38. The molecule has 1 amide bonds. The van der Waals surface area contributed by atoms with Crippen molar-refractivity contribution in [3.05, 3.63) is 71.9 Å². The van der Waals surface area contributed by atoms with Gasteiger partial charge in [-0.15, -0.1) is 0 Å². The van der Waals surface area contributed by atoms with E-state index in [2.05, 4.69) is 10.3 Å². The second-order valence-electron chi connectivity index (χ2n) is 5.38. The molecule has 5 nitrogen and oxygen atoms in total. The third-order valence-corrected chi connectivity index (χ3v) is 3.64. The third-order valence-electron chi connectivity index (χ3n) is 3.64. The molecule has 0 aliphatic rings. The molecule has 3 aromatic rings. The molecule has 24 heavy (non-hydrogen) atoms. The van der Waals surface area contributed by atoms with Gasteiger partial charge in [-0.2, -0.15) is 0 Å². The second kappa shape index (κ2) is 6.83. The third kappa shape index (κ3) is 3.70. The van der Waals surface area contributed by atoms with Crippen molar-refractivity contribution in [2.75, 3.05) is 5.32 Å². The quantitative estimate of drug-likeness (QED) is 0.630. The molecule has 5 heteroatoms. The van der Waals surface area contributed by atoms with E-state index in [1.807, 2.05) is 30.5 Å². The minimum atomic E-state index is -0.994. The molecule has 0 bridgehead atoms. The highest BCUT2D eigenvalue weighted by molar-refractivity contribution is 5.95. The van der Waals surface area contributed by atoms with Gasteiger partial charge in [-0.05, 0) is 35.4 Å². The minimum absolute atomic E-state index is 0.103. The minimum Gasteiger partial charge on any atom is -0.478 e. The topological polar surface area (TPSA) is 82.2 Å². The van der Waals surface area contributed by atoms with E-state index in [1.54, 1.807) is 24.3 Å². The Morgan fingerprint density at radius 1 is 1.08 bits per heavy atom. The van der Waals surface area contributed by atoms with E-state index in [9.17, 15) is 9.59 Å². The molecule has 0 saturated carbocycles. The Hall–Kier alpha value is -3.34. The highest BCUT2D eigenvalue weighted by Crippen LogP contribution is 2.19. The van der Waals surface area contributed by atoms with E-state index in [-0.39, 0.29) is 12.3 Å². The summed E-state index contributed by atoms with van der Waals surface area (Å²) in [4.78, 5) is 25.8. The van der Waals surface area contributed by atoms with Crippen LogP contribution in [0.15, 0.2) is 60.8 Å². The lowest BCUT2D eigenvalue weighted by Crippen LogP contribution is -2.14. The Morgan fingerprint density at radius 3 is 2.58 bits per heavy atom. The molecule has 0 atom stereocenters. The zero-order valence-electron chi connectivity index (χ0n) is 12.8. The number of carbonyl (C=O) groups is 2. The van der Waals surface area contributed by atoms with Gasteiger partial charge in [-0.3, -0.25) is 4.79 Å². The number of benzene rings is 2. The van der Waals surface area contributed by atoms with Crippen LogP contribution >= 0.6 is 0 Å². The Kier molecular flexibility index (Phi) is 4.43. The number of rotatable bonds is 5. The van der Waals surface area contributed by atoms with Crippen LogP contribution in [0.3, 0.4) is 0 Å². The number of aliphatic carboxylic acids is 1. The standard InChI is InChI=1S/C19H16N2O3/c22-18(11-14-12-20-17-4-2-1-3-16(14)17)21-15-8-5-13(6-9-15)7-10-19(23)24/h1-10,12,20H,11H2,(H,21,22)(H,23,24)/b10-7+. The SMILES string of the molecule is O=C(O)/C=C/c1ccc(NC(=O)Cc2c[nH]c3ccccc23)cc1. The van der Waals surface area contributed by atoms with Crippen LogP contribution < -0.4 is 5.32 Å². The van der Waals surface area contributed by atoms with Crippen molar-refractivity contribution in [3.8, 4) is 0 Å². The number of carboxylic acids is 1. The maximum atomic E-state index is 12.2. The lowest BCUT2D eigenvalue weighted by atomic mass is 10.1. The van der Waals surface area contributed by atoms with Crippen LogP contribution in [0.25, 0.3) is 17.0 Å². The van der Waals surface area contributed by atoms with Crippen molar-refractivity contribution in [1.82, 2.24) is 4.98 Å². The zero-order chi connectivity index (χ0) is 16.9. The average molecular weight is 320 g/mol. The average Bonchev–Trinajstić information content (AvgIpc) is 2.97. The number of carbonyl (C=O) groups excluding carboxylic acids is 1. The van der Waals surface area contributed by atoms with Crippen LogP contribution in [0.2, 0.25) is 0 Å². The molecule has 0 aliphatic carbocycles. The molecule has 1 heterocycles. The number of aromatic amines is 1. The Morgan fingerprint density at radius 2 is 1.83 bits per heavy atom. The summed E-state index contributed by atoms with van der Waals surface area (Å²) in [6.07, 6.45) is 4.71. The number of H-pyrrole nitrogens is 1. The number of aromatic nitrogens is 1. The molecule has 0 fully saturated rings. The van der Waals surface area contributed by atoms with Gasteiger partial charge in [0, 0.05) is 28.9 Å². The van der Waals surface area contributed by atoms with E-state index in [0.29, 0.717) is 5.69 Å². The number of anilines is 1. The normalized spacial score (nSPS) is 11.0. The van der Waals surface area contributed by atoms with Crippen molar-refractivity contribution < 1.29 is 14.7 Å². The van der Waals surface area contributed by atoms with Crippen molar-refractivity contribution >= 4 is 34.5 Å². The van der Waals surface area contributed by atoms with Crippen molar-refractivity contribution in [2.45, 2.75) is 6.42 Å². The molecule has 0 spiro atoms. The fourth-order valence-corrected chi connectivity index (χ4v) is 2.50. The summed E-state index contributed by atoms with van der Waals surface area (Å²) in [5.74, 6) is -1.10. The van der Waals surface area contributed by atoms with Crippen molar-refractivity contribution in [2.24, 2.45) is 0 Å². The van der Waals surface area contributed by atoms with Crippen LogP contribution in [0, 0.1) is 0 Å². The predicted octanol–water partition coefficient (Wildman–Crippen LogP) is 3.45. The van der Waals surface area contributed by atoms with E-state index < -0.39 is 5.97 Å². The first-order chi connectivity index (χ1) is 11.6. The van der Waals surface area contributed by atoms with Gasteiger partial charge in [-0.1, -0.05) is 30.3 Å². The molecule has 120 valence electrons. The predicted molar refractivity (Wildman–Crippen MR) is 93.7 cm³/mol. The number of fused-ring (bicyclic) bond motifs is 1. The number of nitrogens with one attached hydrogen (secondary N) is 2. The van der Waals surface area contributed by atoms with Gasteiger partial charge in [0.25, 0.3) is 0 Å². The summed E-state index contributed by atoms with van der Waals surface area (Å²) in [6.45, 7) is 0. The summed E-state index contributed by atoms with van der Waals surface area (Å²) in [6, 6.07) is 14.8. The Balaban J connectivity index is 1.65. The molecule has 3 rings (SSSR count). The van der Waals surface area contributed by atoms with E-state index >= 15 is 0 Å². The molecule has 0 saturated heterocycles. The number of hydrogen-bond acceptors (Lipinski definition) is 2. The number of amides is 1. The largest absolute Gasteiger partial charge is 0.478 e. The van der Waals surface area contributed by atoms with Gasteiger partial charge < -0.3 is 15.4 Å². The summed E-state index contributed by atoms with van der Waals surface area (Å²) in [5, 5.41) is 12.5. The van der Waals surface area contributed by atoms with Crippen LogP contribution in [0.5, 0.6) is 0 Å². The highest BCUT2D eigenvalue weighted by Gasteiger charge is 2.08. The molecule has 3 N–H and O–H groups in total. The summed E-state index contributed by atoms with van der Waals surface area (Å²) < 4.78 is 0. The zero-order valence-corrected chi connectivity index (χ0v) is 12.8. The van der Waals surface area contributed by atoms with Crippen LogP contribution in [-0.4, -0.2) is 22.0 Å². The van der Waals surface area contributed by atoms with Gasteiger partial charge in [0.1, 0.15) is 0 Å². The molecule has 1 aromatic heterocycles. The summed E-state index contributed by atoms with van der Waals surface area (Å²) in [7, 11) is 0. The smallest absolute Gasteiger partial charge is 0.328 e. The van der Waals surface area contributed by atoms with E-state index in [1.165, 1.54) is 6.08 Å². The van der Waals surface area contributed by atoms with Crippen LogP contribution in [-0.2, 0) is 16.0 Å². The monoisotopic (exact) mass is 320 g/mol. The fraction of sp³-hybridized carbons (Fsp3) is 0.0526. The van der Waals surface area contributed by atoms with Gasteiger partial charge >= 0.3 is 5.97 Å². The molecule has 0 aliphatic heterocycles. The summed E-state index contributed by atoms with van der Waals surface area (Å²) in [5.41, 5.74) is 3.39. The lowest BCUT2D eigenvalue weighted by Gasteiger charge is -2.05. The molecule has 2 aromatic carbocycles. The van der Waals surface area contributed by atoms with E-state index in [0.717, 1.165) is 28.1 Å². The first-order valence-electron chi connectivity index (χ1n) is 7.48. The highest BCUT2D eigenvalue weighted by atomic mass is 16.4. The van der Waals surface area contributed by atoms with Gasteiger partial charge in [0.15, 0.2) is 0 Å². The number of para-hydroxylation sites is 1. The summed E-state index contributed by atoms with van der Waals surface area (Å²) >= 11 is 0. The number of carboxylic acid groups (broad SMARTS) is 1. The van der Waals surface area contributed by atoms with Crippen LogP contribution in [0.4, 0.5) is 5.69 Å². The van der Waals surface area contributed by atoms with Gasteiger partial charge in [-0.25, -0.2) is 4.79 Å². The molecule has 0 unspecified atom stereocenters. The molecule has 0 radical (unpaired) electrons. The molecular weight excluding hydrogens is 304 g/mol. The van der Waals surface area contributed by atoms with Crippen LogP contribution in [0.1, 0.15) is 11.1 Å². The van der Waals surface area contributed by atoms with E-state index in [4.69, 9.17) is 5.11 Å². The Labute approximate surface area is 138 Å². The lowest BCUT2D eigenvalue weighted by molar-refractivity contribution is -0.131. The maximum Gasteiger partial charge on any atom is 0.328 e. The molecular formula is C19H16N2O3. The van der Waals surface area contributed by atoms with Crippen molar-refractivity contribution in [1.29, 1.82) is 0 Å². The van der Waals surface area contributed by atoms with Gasteiger partial charge in [0.05, 0.1) is 6.42 Å². The fourth-order valence-electron chi connectivity index (χ4n) is 2.50. The van der Waals surface area contributed by atoms with Gasteiger partial charge in [0.2, 0.25) is 5.91 Å². The first kappa shape index (κ1) is 15.6. The maximum absolute atomic E-state index is 12.2.